The van der Waals surface area contributed by atoms with Crippen LogP contribution in [0.25, 0.3) is 33.1 Å². The number of H-pyrrole nitrogens is 1. The van der Waals surface area contributed by atoms with E-state index in [0.717, 1.165) is 106 Å². The highest BCUT2D eigenvalue weighted by atomic mass is 16.5. The number of benzene rings is 2. The van der Waals surface area contributed by atoms with Gasteiger partial charge >= 0.3 is 0 Å². The fourth-order valence-electron chi connectivity index (χ4n) is 8.73. The van der Waals surface area contributed by atoms with Crippen molar-refractivity contribution in [2.24, 2.45) is 0 Å². The number of nitrogens with zero attached hydrogens (tertiary/aromatic N) is 6. The van der Waals surface area contributed by atoms with E-state index >= 15 is 0 Å². The largest absolute Gasteiger partial charge is 0.361 e. The highest BCUT2D eigenvalue weighted by Crippen LogP contribution is 2.42. The Morgan fingerprint density at radius 1 is 0.983 bits per heavy atom. The van der Waals surface area contributed by atoms with E-state index < -0.39 is 11.9 Å². The number of aromatic amines is 1. The van der Waals surface area contributed by atoms with E-state index in [4.69, 9.17) is 19.6 Å². The van der Waals surface area contributed by atoms with Crippen molar-refractivity contribution in [1.82, 2.24) is 40.1 Å². The molecule has 6 aromatic rings. The molecule has 14 heteroatoms. The molecular formula is C44H47N9O5. The number of aryl methyl sites for hydroxylation is 5. The van der Waals surface area contributed by atoms with Gasteiger partial charge in [-0.3, -0.25) is 24.5 Å². The normalized spacial score (nSPS) is 16.8. The quantitative estimate of drug-likeness (QED) is 0.0564. The molecule has 0 bridgehead atoms. The number of fused-ring (bicyclic) bond motifs is 4. The zero-order chi connectivity index (χ0) is 40.2. The zero-order valence-electron chi connectivity index (χ0n) is 33.3. The van der Waals surface area contributed by atoms with E-state index in [-0.39, 0.29) is 29.8 Å². The molecule has 2 aliphatic heterocycles. The zero-order valence-corrected chi connectivity index (χ0v) is 33.3. The van der Waals surface area contributed by atoms with Gasteiger partial charge in [-0.15, -0.1) is 0 Å². The molecule has 1 saturated heterocycles. The van der Waals surface area contributed by atoms with E-state index in [2.05, 4.69) is 52.8 Å². The summed E-state index contributed by atoms with van der Waals surface area (Å²) in [5, 5.41) is 16.7. The van der Waals surface area contributed by atoms with Crippen LogP contribution in [0.4, 0.5) is 11.6 Å². The molecule has 1 atom stereocenters. The maximum atomic E-state index is 13.8. The molecule has 3 N–H and O–H groups in total. The van der Waals surface area contributed by atoms with Crippen LogP contribution in [-0.4, -0.2) is 64.3 Å². The molecule has 9 rings (SSSR count). The first-order chi connectivity index (χ1) is 28.1. The predicted octanol–water partition coefficient (Wildman–Crippen LogP) is 7.67. The standard InChI is InChI=1S/C44H47N9O5/c1-5-53-36(21-32(50-53)27-15-16-27)46-42-39-30-19-23(2)29(38-24(3)51-58-25(38)4)20-33(30)45-41(39)48-40(49-42)35(54)14-9-7-6-8-11-26-12-10-13-28-31(26)22-52(44(28)57)34-17-18-37(55)47-43(34)56/h10,12-13,19-21,27,34H,5-9,11,14-18,22H2,1-4H3,(H,47,55,56)(H2,45,46,48,49). The van der Waals surface area contributed by atoms with Gasteiger partial charge in [0.25, 0.3) is 5.91 Å². The monoisotopic (exact) mass is 781 g/mol. The van der Waals surface area contributed by atoms with Crippen molar-refractivity contribution in [3.8, 4) is 11.1 Å². The van der Waals surface area contributed by atoms with E-state index in [1.165, 1.54) is 0 Å². The third-order valence-corrected chi connectivity index (χ3v) is 12.0. The van der Waals surface area contributed by atoms with Crippen molar-refractivity contribution in [2.75, 3.05) is 5.32 Å². The number of carbonyl (C=O) groups is 4. The van der Waals surface area contributed by atoms with Gasteiger partial charge in [0.15, 0.2) is 11.6 Å². The van der Waals surface area contributed by atoms with E-state index in [0.29, 0.717) is 55.3 Å². The number of amides is 3. The number of anilines is 2. The Morgan fingerprint density at radius 2 is 1.81 bits per heavy atom. The number of hydrogen-bond acceptors (Lipinski definition) is 10. The molecule has 298 valence electrons. The number of unbranched alkanes of at least 4 members (excludes halogenated alkanes) is 3. The topological polar surface area (TPSA) is 181 Å². The molecule has 58 heavy (non-hydrogen) atoms. The van der Waals surface area contributed by atoms with Crippen molar-refractivity contribution in [1.29, 1.82) is 0 Å². The average Bonchev–Trinajstić information content (AvgIpc) is 3.59. The van der Waals surface area contributed by atoms with Gasteiger partial charge in [-0.05, 0) is 107 Å². The summed E-state index contributed by atoms with van der Waals surface area (Å²) in [4.78, 5) is 66.1. The Kier molecular flexibility index (Phi) is 9.65. The summed E-state index contributed by atoms with van der Waals surface area (Å²) >= 11 is 0. The Balaban J connectivity index is 0.906. The van der Waals surface area contributed by atoms with Gasteiger partial charge in [-0.2, -0.15) is 5.10 Å². The summed E-state index contributed by atoms with van der Waals surface area (Å²) in [5.74, 6) is 1.82. The fraction of sp³-hybridized carbons (Fsp3) is 0.409. The molecule has 0 radical (unpaired) electrons. The molecule has 0 spiro atoms. The van der Waals surface area contributed by atoms with Crippen LogP contribution < -0.4 is 10.6 Å². The van der Waals surface area contributed by atoms with Gasteiger partial charge in [-0.1, -0.05) is 30.1 Å². The van der Waals surface area contributed by atoms with Crippen molar-refractivity contribution < 1.29 is 23.7 Å². The summed E-state index contributed by atoms with van der Waals surface area (Å²) in [6, 6.07) is 11.5. The van der Waals surface area contributed by atoms with Crippen molar-refractivity contribution >= 4 is 57.1 Å². The third-order valence-electron chi connectivity index (χ3n) is 12.0. The number of piperidine rings is 1. The first-order valence-corrected chi connectivity index (χ1v) is 20.5. The molecule has 4 aromatic heterocycles. The molecule has 3 aliphatic rings. The Morgan fingerprint density at radius 3 is 2.57 bits per heavy atom. The third kappa shape index (κ3) is 6.83. The molecule has 1 saturated carbocycles. The molecular weight excluding hydrogens is 735 g/mol. The van der Waals surface area contributed by atoms with Crippen LogP contribution >= 0.6 is 0 Å². The number of nitrogens with one attached hydrogen (secondary N) is 3. The first kappa shape index (κ1) is 37.4. The van der Waals surface area contributed by atoms with Gasteiger partial charge in [0.2, 0.25) is 11.8 Å². The average molecular weight is 782 g/mol. The van der Waals surface area contributed by atoms with Crippen LogP contribution in [0, 0.1) is 20.8 Å². The number of rotatable bonds is 14. The van der Waals surface area contributed by atoms with Gasteiger partial charge in [0, 0.05) is 59.9 Å². The summed E-state index contributed by atoms with van der Waals surface area (Å²) in [6.07, 6.45) is 7.31. The first-order valence-electron chi connectivity index (χ1n) is 20.5. The van der Waals surface area contributed by atoms with E-state index in [9.17, 15) is 19.2 Å². The molecule has 2 aromatic carbocycles. The summed E-state index contributed by atoms with van der Waals surface area (Å²) in [6.45, 7) is 9.05. The van der Waals surface area contributed by atoms with Crippen LogP contribution in [-0.2, 0) is 29.1 Å². The molecule has 1 unspecified atom stereocenters. The summed E-state index contributed by atoms with van der Waals surface area (Å²) in [5.41, 5.74) is 9.09. The second-order valence-electron chi connectivity index (χ2n) is 16.0. The molecule has 1 aliphatic carbocycles. The SMILES string of the molecule is CCn1nc(C2CC2)cc1Nc1nc(C(=O)CCCCCCc2cccc3c2CN(C2CCC(=O)NC2=O)C3=O)nc2[nH]c3cc(-c4c(C)noc4C)c(C)cc3c12. The highest BCUT2D eigenvalue weighted by Gasteiger charge is 2.39. The van der Waals surface area contributed by atoms with Gasteiger partial charge in [0.05, 0.1) is 16.8 Å². The summed E-state index contributed by atoms with van der Waals surface area (Å²) in [7, 11) is 0. The Hall–Kier alpha value is -6.18. The lowest BCUT2D eigenvalue weighted by Gasteiger charge is -2.29. The lowest BCUT2D eigenvalue weighted by Crippen LogP contribution is -2.52. The minimum atomic E-state index is -0.633. The Labute approximate surface area is 335 Å². The molecule has 2 fully saturated rings. The second-order valence-corrected chi connectivity index (χ2v) is 16.0. The smallest absolute Gasteiger partial charge is 0.255 e. The number of ketones is 1. The number of aromatic nitrogens is 6. The summed E-state index contributed by atoms with van der Waals surface area (Å²) < 4.78 is 7.45. The minimum absolute atomic E-state index is 0.119. The molecule has 6 heterocycles. The van der Waals surface area contributed by atoms with Crippen LogP contribution in [0.3, 0.4) is 0 Å². The van der Waals surface area contributed by atoms with Crippen LogP contribution in [0.15, 0.2) is 40.9 Å². The van der Waals surface area contributed by atoms with Crippen LogP contribution in [0.1, 0.15) is 125 Å². The van der Waals surface area contributed by atoms with Gasteiger partial charge in [0.1, 0.15) is 29.1 Å². The lowest BCUT2D eigenvalue weighted by atomic mass is 9.97. The van der Waals surface area contributed by atoms with Crippen molar-refractivity contribution in [2.45, 2.75) is 117 Å². The lowest BCUT2D eigenvalue weighted by molar-refractivity contribution is -0.136. The Bertz CT molecular complexity index is 2630. The number of carbonyl (C=O) groups excluding carboxylic acids is 4. The van der Waals surface area contributed by atoms with Crippen molar-refractivity contribution in [3.05, 3.63) is 81.6 Å². The molecule has 14 nitrogen and oxygen atoms in total. The highest BCUT2D eigenvalue weighted by molar-refractivity contribution is 6.14. The van der Waals surface area contributed by atoms with Crippen LogP contribution in [0.5, 0.6) is 0 Å². The van der Waals surface area contributed by atoms with Crippen molar-refractivity contribution in [3.63, 3.8) is 0 Å². The number of hydrogen-bond donors (Lipinski definition) is 3. The van der Waals surface area contributed by atoms with Gasteiger partial charge < -0.3 is 19.7 Å². The van der Waals surface area contributed by atoms with E-state index in [1.54, 1.807) is 4.90 Å². The molecule has 3 amide bonds. The maximum absolute atomic E-state index is 13.8. The number of imide groups is 1. The maximum Gasteiger partial charge on any atom is 0.255 e. The van der Waals surface area contributed by atoms with Gasteiger partial charge in [-0.25, -0.2) is 14.6 Å². The predicted molar refractivity (Wildman–Crippen MR) is 218 cm³/mol. The van der Waals surface area contributed by atoms with E-state index in [1.807, 2.05) is 36.7 Å². The van der Waals surface area contributed by atoms with Crippen LogP contribution in [0.2, 0.25) is 0 Å². The minimum Gasteiger partial charge on any atom is -0.361 e. The second kappa shape index (κ2) is 15.0. The number of Topliss-reactive ketones (excluding diaryl/α,β-unsaturated/α-hetero) is 1. The fourth-order valence-corrected chi connectivity index (χ4v) is 8.73.